The number of halogens is 1. The Labute approximate surface area is 185 Å². The molecule has 30 heavy (non-hydrogen) atoms. The Bertz CT molecular complexity index is 1030. The lowest BCUT2D eigenvalue weighted by atomic mass is 9.96. The van der Waals surface area contributed by atoms with Crippen LogP contribution in [0.15, 0.2) is 65.7 Å². The summed E-state index contributed by atoms with van der Waals surface area (Å²) in [5.74, 6) is 0. The molecule has 0 atom stereocenters. The van der Waals surface area contributed by atoms with Crippen molar-refractivity contribution >= 4 is 23.6 Å². The molecule has 0 amide bonds. The average Bonchev–Trinajstić information content (AvgIpc) is 2.77. The summed E-state index contributed by atoms with van der Waals surface area (Å²) in [5.41, 5.74) is 8.50. The summed E-state index contributed by atoms with van der Waals surface area (Å²) in [7, 11) is 0. The van der Waals surface area contributed by atoms with Crippen molar-refractivity contribution in [2.75, 3.05) is 13.1 Å². The molecule has 0 aromatic heterocycles. The Hall–Kier alpha value is -2.58. The Morgan fingerprint density at radius 1 is 0.900 bits per heavy atom. The number of benzene rings is 3. The summed E-state index contributed by atoms with van der Waals surface area (Å²) in [6.07, 6.45) is 6.85. The van der Waals surface area contributed by atoms with Gasteiger partial charge in [0.05, 0.1) is 12.0 Å². The predicted octanol–water partition coefficient (Wildman–Crippen LogP) is 7.36. The second-order valence-corrected chi connectivity index (χ2v) is 8.67. The van der Waals surface area contributed by atoms with Gasteiger partial charge in [0.1, 0.15) is 0 Å². The highest BCUT2D eigenvalue weighted by molar-refractivity contribution is 6.33. The molecule has 154 valence electrons. The molecule has 0 unspecified atom stereocenters. The lowest BCUT2D eigenvalue weighted by molar-refractivity contribution is 0.351. The lowest BCUT2D eigenvalue weighted by Crippen LogP contribution is -2.28. The minimum Gasteiger partial charge on any atom is -0.363 e. The van der Waals surface area contributed by atoms with Gasteiger partial charge in [0.15, 0.2) is 0 Å². The smallest absolute Gasteiger partial charge is 0.0912 e. The zero-order chi connectivity index (χ0) is 20.9. The van der Waals surface area contributed by atoms with Crippen molar-refractivity contribution < 1.29 is 0 Å². The van der Waals surface area contributed by atoms with Gasteiger partial charge in [-0.3, -0.25) is 0 Å². The molecule has 4 rings (SSSR count). The fourth-order valence-corrected chi connectivity index (χ4v) is 4.33. The third-order valence-corrected chi connectivity index (χ3v) is 6.27. The number of nitrogens with zero attached hydrogens (tertiary/aromatic N) is 2. The molecule has 0 aliphatic carbocycles. The summed E-state index contributed by atoms with van der Waals surface area (Å²) in [6.45, 7) is 6.60. The molecule has 0 spiro atoms. The van der Waals surface area contributed by atoms with E-state index in [-0.39, 0.29) is 0 Å². The summed E-state index contributed by atoms with van der Waals surface area (Å²) in [5, 5.41) is 0.789. The maximum atomic E-state index is 6.34. The fourth-order valence-electron chi connectivity index (χ4n) is 4.09. The third-order valence-electron chi connectivity index (χ3n) is 5.94. The SMILES string of the molecule is Cc1cc(/N=C/N2CCCCC2)c(C)cc1Cc1ccc(-c2ccccc2Cl)cc1. The first-order chi connectivity index (χ1) is 14.6. The topological polar surface area (TPSA) is 15.6 Å². The van der Waals surface area contributed by atoms with Crippen molar-refractivity contribution in [1.82, 2.24) is 4.90 Å². The van der Waals surface area contributed by atoms with E-state index in [9.17, 15) is 0 Å². The van der Waals surface area contributed by atoms with Crippen LogP contribution < -0.4 is 0 Å². The average molecular weight is 417 g/mol. The molecule has 1 fully saturated rings. The molecule has 0 bridgehead atoms. The van der Waals surface area contributed by atoms with E-state index in [0.29, 0.717) is 0 Å². The standard InChI is InChI=1S/C27H29ClN2/c1-20-17-27(29-19-30-14-6-3-7-15-30)21(2)16-24(20)18-22-10-12-23(13-11-22)25-8-4-5-9-26(25)28/h4-5,8-13,16-17,19H,3,6-7,14-15,18H2,1-2H3/b29-19+. The van der Waals surface area contributed by atoms with Crippen LogP contribution in [0.3, 0.4) is 0 Å². The van der Waals surface area contributed by atoms with Gasteiger partial charge in [0.25, 0.3) is 0 Å². The van der Waals surface area contributed by atoms with Gasteiger partial charge in [0.2, 0.25) is 0 Å². The summed E-state index contributed by atoms with van der Waals surface area (Å²) >= 11 is 6.34. The predicted molar refractivity (Wildman–Crippen MR) is 129 cm³/mol. The van der Waals surface area contributed by atoms with Crippen molar-refractivity contribution in [2.24, 2.45) is 4.99 Å². The molecule has 3 aromatic carbocycles. The summed E-state index contributed by atoms with van der Waals surface area (Å²) in [4.78, 5) is 7.12. The molecule has 2 nitrogen and oxygen atoms in total. The van der Waals surface area contributed by atoms with E-state index in [1.54, 1.807) is 0 Å². The molecule has 1 heterocycles. The maximum Gasteiger partial charge on any atom is 0.0912 e. The highest BCUT2D eigenvalue weighted by atomic mass is 35.5. The Morgan fingerprint density at radius 3 is 2.37 bits per heavy atom. The van der Waals surface area contributed by atoms with Crippen LogP contribution in [-0.4, -0.2) is 24.3 Å². The normalized spacial score (nSPS) is 14.4. The Kier molecular flexibility index (Phi) is 6.54. The van der Waals surface area contributed by atoms with Crippen molar-refractivity contribution in [3.63, 3.8) is 0 Å². The quantitative estimate of drug-likeness (QED) is 0.313. The molecule has 0 N–H and O–H groups in total. The van der Waals surface area contributed by atoms with Gasteiger partial charge in [-0.2, -0.15) is 0 Å². The minimum absolute atomic E-state index is 0.789. The molecule has 3 heteroatoms. The van der Waals surface area contributed by atoms with E-state index in [4.69, 9.17) is 16.6 Å². The van der Waals surface area contributed by atoms with Crippen LogP contribution >= 0.6 is 11.6 Å². The first kappa shape index (κ1) is 20.7. The number of hydrogen-bond acceptors (Lipinski definition) is 1. The molecule has 1 aliphatic rings. The second-order valence-electron chi connectivity index (χ2n) is 8.26. The maximum absolute atomic E-state index is 6.34. The van der Waals surface area contributed by atoms with E-state index in [0.717, 1.165) is 41.3 Å². The van der Waals surface area contributed by atoms with Crippen LogP contribution in [0.5, 0.6) is 0 Å². The fraction of sp³-hybridized carbons (Fsp3) is 0.296. The summed E-state index contributed by atoms with van der Waals surface area (Å²) in [6, 6.07) is 21.2. The van der Waals surface area contributed by atoms with Crippen molar-refractivity contribution in [1.29, 1.82) is 0 Å². The van der Waals surface area contributed by atoms with E-state index in [1.165, 1.54) is 41.5 Å². The first-order valence-electron chi connectivity index (χ1n) is 10.8. The van der Waals surface area contributed by atoms with Crippen molar-refractivity contribution in [2.45, 2.75) is 39.5 Å². The molecule has 0 saturated carbocycles. The number of likely N-dealkylation sites (tertiary alicyclic amines) is 1. The zero-order valence-electron chi connectivity index (χ0n) is 17.9. The molecule has 1 aliphatic heterocycles. The zero-order valence-corrected chi connectivity index (χ0v) is 18.6. The lowest BCUT2D eigenvalue weighted by Gasteiger charge is -2.24. The number of hydrogen-bond donors (Lipinski definition) is 0. The molecular formula is C27H29ClN2. The molecule has 0 radical (unpaired) electrons. The Morgan fingerprint density at radius 2 is 1.63 bits per heavy atom. The van der Waals surface area contributed by atoms with Crippen molar-refractivity contribution in [3.05, 3.63) is 87.9 Å². The summed E-state index contributed by atoms with van der Waals surface area (Å²) < 4.78 is 0. The van der Waals surface area contributed by atoms with E-state index in [1.807, 2.05) is 24.5 Å². The van der Waals surface area contributed by atoms with Crippen LogP contribution in [0, 0.1) is 13.8 Å². The van der Waals surface area contributed by atoms with Gasteiger partial charge >= 0.3 is 0 Å². The van der Waals surface area contributed by atoms with Crippen molar-refractivity contribution in [3.8, 4) is 11.1 Å². The van der Waals surface area contributed by atoms with Crippen LogP contribution in [-0.2, 0) is 6.42 Å². The molecular weight excluding hydrogens is 388 g/mol. The number of aryl methyl sites for hydroxylation is 2. The molecule has 3 aromatic rings. The van der Waals surface area contributed by atoms with Gasteiger partial charge < -0.3 is 4.90 Å². The van der Waals surface area contributed by atoms with Crippen LogP contribution in [0.4, 0.5) is 5.69 Å². The number of rotatable bonds is 5. The van der Waals surface area contributed by atoms with Crippen LogP contribution in [0.1, 0.15) is 41.5 Å². The largest absolute Gasteiger partial charge is 0.363 e. The first-order valence-corrected chi connectivity index (χ1v) is 11.2. The van der Waals surface area contributed by atoms with Gasteiger partial charge in [-0.05, 0) is 79.5 Å². The van der Waals surface area contributed by atoms with Crippen LogP contribution in [0.25, 0.3) is 11.1 Å². The third kappa shape index (κ3) is 4.94. The van der Waals surface area contributed by atoms with Gasteiger partial charge in [0, 0.05) is 23.7 Å². The highest BCUT2D eigenvalue weighted by Crippen LogP contribution is 2.29. The van der Waals surface area contributed by atoms with E-state index >= 15 is 0 Å². The Balaban J connectivity index is 1.48. The van der Waals surface area contributed by atoms with E-state index < -0.39 is 0 Å². The van der Waals surface area contributed by atoms with Gasteiger partial charge in [-0.15, -0.1) is 0 Å². The van der Waals surface area contributed by atoms with E-state index in [2.05, 4.69) is 61.2 Å². The second kappa shape index (κ2) is 9.49. The highest BCUT2D eigenvalue weighted by Gasteiger charge is 2.09. The molecule has 1 saturated heterocycles. The van der Waals surface area contributed by atoms with Gasteiger partial charge in [-0.25, -0.2) is 4.99 Å². The van der Waals surface area contributed by atoms with Gasteiger partial charge in [-0.1, -0.05) is 60.1 Å². The monoisotopic (exact) mass is 416 g/mol. The number of piperidine rings is 1. The number of aliphatic imine (C=N–C) groups is 1. The minimum atomic E-state index is 0.789. The van der Waals surface area contributed by atoms with Crippen LogP contribution in [0.2, 0.25) is 5.02 Å².